The molecule has 1 saturated heterocycles. The van der Waals surface area contributed by atoms with E-state index in [2.05, 4.69) is 10.6 Å². The summed E-state index contributed by atoms with van der Waals surface area (Å²) >= 11 is 0. The van der Waals surface area contributed by atoms with Gasteiger partial charge in [0.1, 0.15) is 0 Å². The molecule has 160 valence electrons. The van der Waals surface area contributed by atoms with Crippen LogP contribution < -0.4 is 16.4 Å². The van der Waals surface area contributed by atoms with Crippen LogP contribution in [0.4, 0.5) is 11.4 Å². The lowest BCUT2D eigenvalue weighted by Gasteiger charge is -2.26. The van der Waals surface area contributed by atoms with Crippen molar-refractivity contribution in [1.82, 2.24) is 4.31 Å². The van der Waals surface area contributed by atoms with Crippen LogP contribution in [-0.4, -0.2) is 44.2 Å². The first-order valence-electron chi connectivity index (χ1n) is 9.82. The number of carbonyl (C=O) groups is 2. The van der Waals surface area contributed by atoms with Crippen molar-refractivity contribution < 1.29 is 18.0 Å². The number of nitrogens with one attached hydrogen (secondary N) is 2. The van der Waals surface area contributed by atoms with E-state index in [1.165, 1.54) is 10.4 Å². The van der Waals surface area contributed by atoms with Gasteiger partial charge in [0, 0.05) is 24.5 Å². The molecule has 0 bridgehead atoms. The zero-order valence-electron chi connectivity index (χ0n) is 16.8. The predicted octanol–water partition coefficient (Wildman–Crippen LogP) is 2.32. The molecule has 0 aliphatic carbocycles. The Labute approximate surface area is 176 Å². The largest absolute Gasteiger partial charge is 0.376 e. The Kier molecular flexibility index (Phi) is 6.73. The highest BCUT2D eigenvalue weighted by Gasteiger charge is 2.26. The summed E-state index contributed by atoms with van der Waals surface area (Å²) in [5, 5.41) is 5.64. The third kappa shape index (κ3) is 4.98. The highest BCUT2D eigenvalue weighted by Crippen LogP contribution is 2.25. The SMILES string of the molecule is Cc1ccc(S(=O)(=O)N2CCCCC2)cc1NC(=O)CNc1ccccc1C(N)=O. The molecule has 2 aromatic rings. The van der Waals surface area contributed by atoms with Crippen molar-refractivity contribution in [1.29, 1.82) is 0 Å². The van der Waals surface area contributed by atoms with E-state index >= 15 is 0 Å². The summed E-state index contributed by atoms with van der Waals surface area (Å²) in [6, 6.07) is 11.4. The number of hydrogen-bond donors (Lipinski definition) is 3. The number of aryl methyl sites for hydroxylation is 1. The van der Waals surface area contributed by atoms with Gasteiger partial charge in [-0.1, -0.05) is 24.6 Å². The van der Waals surface area contributed by atoms with Crippen LogP contribution in [0, 0.1) is 6.92 Å². The number of rotatable bonds is 7. The summed E-state index contributed by atoms with van der Waals surface area (Å²) in [6.45, 7) is 2.72. The Balaban J connectivity index is 1.71. The lowest BCUT2D eigenvalue weighted by Crippen LogP contribution is -2.35. The molecular weight excluding hydrogens is 404 g/mol. The van der Waals surface area contributed by atoms with Crippen LogP contribution in [0.2, 0.25) is 0 Å². The first-order chi connectivity index (χ1) is 14.3. The maximum atomic E-state index is 12.9. The van der Waals surface area contributed by atoms with Gasteiger partial charge in [0.2, 0.25) is 15.9 Å². The number of sulfonamides is 1. The predicted molar refractivity (Wildman–Crippen MR) is 116 cm³/mol. The number of nitrogens with two attached hydrogens (primary N) is 1. The standard InChI is InChI=1S/C21H26N4O4S/c1-15-9-10-16(30(28,29)25-11-5-2-6-12-25)13-19(15)24-20(26)14-23-18-8-4-3-7-17(18)21(22)27/h3-4,7-10,13,23H,2,5-6,11-12,14H2,1H3,(H2,22,27)(H,24,26). The summed E-state index contributed by atoms with van der Waals surface area (Å²) < 4.78 is 27.3. The van der Waals surface area contributed by atoms with Gasteiger partial charge in [-0.25, -0.2) is 8.42 Å². The summed E-state index contributed by atoms with van der Waals surface area (Å²) in [4.78, 5) is 24.1. The van der Waals surface area contributed by atoms with E-state index in [-0.39, 0.29) is 22.9 Å². The Morgan fingerprint density at radius 1 is 1.03 bits per heavy atom. The van der Waals surface area contributed by atoms with Crippen LogP contribution in [0.25, 0.3) is 0 Å². The zero-order valence-corrected chi connectivity index (χ0v) is 17.7. The molecule has 1 fully saturated rings. The second-order valence-electron chi connectivity index (χ2n) is 7.25. The van der Waals surface area contributed by atoms with Crippen molar-refractivity contribution in [3.05, 3.63) is 53.6 Å². The van der Waals surface area contributed by atoms with Crippen molar-refractivity contribution in [2.75, 3.05) is 30.3 Å². The number of amides is 2. The molecule has 8 nitrogen and oxygen atoms in total. The minimum atomic E-state index is -3.59. The number of primary amides is 1. The molecule has 4 N–H and O–H groups in total. The average Bonchev–Trinajstić information content (AvgIpc) is 2.74. The topological polar surface area (TPSA) is 122 Å². The Morgan fingerprint density at radius 3 is 2.43 bits per heavy atom. The maximum absolute atomic E-state index is 12.9. The van der Waals surface area contributed by atoms with Crippen molar-refractivity contribution in [3.63, 3.8) is 0 Å². The average molecular weight is 431 g/mol. The van der Waals surface area contributed by atoms with Gasteiger partial charge in [0.15, 0.2) is 0 Å². The van der Waals surface area contributed by atoms with E-state index in [1.54, 1.807) is 43.3 Å². The molecule has 0 spiro atoms. The maximum Gasteiger partial charge on any atom is 0.250 e. The van der Waals surface area contributed by atoms with Crippen LogP contribution >= 0.6 is 0 Å². The monoisotopic (exact) mass is 430 g/mol. The first kappa shape index (κ1) is 21.8. The van der Waals surface area contributed by atoms with Crippen LogP contribution in [0.3, 0.4) is 0 Å². The van der Waals surface area contributed by atoms with Gasteiger partial charge in [0.25, 0.3) is 5.91 Å². The van der Waals surface area contributed by atoms with Crippen molar-refractivity contribution in [2.24, 2.45) is 5.73 Å². The molecular formula is C21H26N4O4S. The number of nitrogens with zero attached hydrogens (tertiary/aromatic N) is 1. The molecule has 0 unspecified atom stereocenters. The Hall–Kier alpha value is -2.91. The number of para-hydroxylation sites is 1. The highest BCUT2D eigenvalue weighted by atomic mass is 32.2. The Morgan fingerprint density at radius 2 is 1.73 bits per heavy atom. The van der Waals surface area contributed by atoms with Crippen LogP contribution in [0.15, 0.2) is 47.4 Å². The molecule has 30 heavy (non-hydrogen) atoms. The first-order valence-corrected chi connectivity index (χ1v) is 11.3. The van der Waals surface area contributed by atoms with E-state index in [0.717, 1.165) is 24.8 Å². The van der Waals surface area contributed by atoms with E-state index in [0.29, 0.717) is 24.5 Å². The van der Waals surface area contributed by atoms with Gasteiger partial charge < -0.3 is 16.4 Å². The van der Waals surface area contributed by atoms with Crippen LogP contribution in [0.5, 0.6) is 0 Å². The normalized spacial score (nSPS) is 14.8. The van der Waals surface area contributed by atoms with E-state index in [4.69, 9.17) is 5.73 Å². The van der Waals surface area contributed by atoms with E-state index in [1.807, 2.05) is 0 Å². The Bertz CT molecular complexity index is 1050. The number of piperidine rings is 1. The molecule has 0 radical (unpaired) electrons. The summed E-state index contributed by atoms with van der Waals surface area (Å²) in [6.07, 6.45) is 2.74. The fraction of sp³-hybridized carbons (Fsp3) is 0.333. The fourth-order valence-electron chi connectivity index (χ4n) is 3.37. The molecule has 0 atom stereocenters. The molecule has 0 saturated carbocycles. The molecule has 1 aliphatic heterocycles. The second kappa shape index (κ2) is 9.27. The summed E-state index contributed by atoms with van der Waals surface area (Å²) in [7, 11) is -3.59. The minimum absolute atomic E-state index is 0.104. The molecule has 2 amide bonds. The summed E-state index contributed by atoms with van der Waals surface area (Å²) in [5.74, 6) is -0.963. The molecule has 9 heteroatoms. The smallest absolute Gasteiger partial charge is 0.250 e. The van der Waals surface area contributed by atoms with Gasteiger partial charge in [-0.2, -0.15) is 4.31 Å². The fourth-order valence-corrected chi connectivity index (χ4v) is 4.92. The van der Waals surface area contributed by atoms with Gasteiger partial charge >= 0.3 is 0 Å². The number of hydrogen-bond acceptors (Lipinski definition) is 5. The van der Waals surface area contributed by atoms with Gasteiger partial charge in [-0.15, -0.1) is 0 Å². The number of anilines is 2. The van der Waals surface area contributed by atoms with Crippen LogP contribution in [0.1, 0.15) is 35.2 Å². The van der Waals surface area contributed by atoms with E-state index < -0.39 is 15.9 Å². The molecule has 1 aliphatic rings. The number of carbonyl (C=O) groups excluding carboxylic acids is 2. The van der Waals surface area contributed by atoms with Crippen LogP contribution in [-0.2, 0) is 14.8 Å². The van der Waals surface area contributed by atoms with Crippen molar-refractivity contribution in [2.45, 2.75) is 31.1 Å². The molecule has 0 aromatic heterocycles. The lowest BCUT2D eigenvalue weighted by molar-refractivity contribution is -0.114. The molecule has 2 aromatic carbocycles. The molecule has 1 heterocycles. The highest BCUT2D eigenvalue weighted by molar-refractivity contribution is 7.89. The third-order valence-electron chi connectivity index (χ3n) is 5.07. The van der Waals surface area contributed by atoms with Crippen molar-refractivity contribution >= 4 is 33.2 Å². The zero-order chi connectivity index (χ0) is 21.7. The van der Waals surface area contributed by atoms with Gasteiger partial charge in [-0.3, -0.25) is 9.59 Å². The second-order valence-corrected chi connectivity index (χ2v) is 9.19. The van der Waals surface area contributed by atoms with Crippen molar-refractivity contribution in [3.8, 4) is 0 Å². The molecule has 3 rings (SSSR count). The quantitative estimate of drug-likeness (QED) is 0.622. The third-order valence-corrected chi connectivity index (χ3v) is 6.96. The van der Waals surface area contributed by atoms with Gasteiger partial charge in [0.05, 0.1) is 17.0 Å². The van der Waals surface area contributed by atoms with E-state index in [9.17, 15) is 18.0 Å². The van der Waals surface area contributed by atoms with Gasteiger partial charge in [-0.05, 0) is 49.6 Å². The summed E-state index contributed by atoms with van der Waals surface area (Å²) in [5.41, 5.74) is 7.27. The minimum Gasteiger partial charge on any atom is -0.376 e. The lowest BCUT2D eigenvalue weighted by atomic mass is 10.1. The number of benzene rings is 2.